The standard InChI is InChI=1S/C19H13N3O3/c1-19(9-12-4-2-3-5-16(12)17(23)25-19)18(24)22-15-7-6-13(10-20)14(8-15)11-21/h2-8H,9H2,1H3,(H,22,24)/t19-/m1/s1. The van der Waals surface area contributed by atoms with Crippen molar-refractivity contribution in [1.82, 2.24) is 0 Å². The predicted octanol–water partition coefficient (Wildman–Crippen LogP) is 2.54. The lowest BCUT2D eigenvalue weighted by molar-refractivity contribution is -0.134. The Morgan fingerprint density at radius 2 is 1.88 bits per heavy atom. The molecule has 0 bridgehead atoms. The van der Waals surface area contributed by atoms with Gasteiger partial charge in [0.25, 0.3) is 5.91 Å². The maximum absolute atomic E-state index is 12.7. The summed E-state index contributed by atoms with van der Waals surface area (Å²) in [6.07, 6.45) is 0.252. The number of nitrogens with zero attached hydrogens (tertiary/aromatic N) is 2. The summed E-state index contributed by atoms with van der Waals surface area (Å²) < 4.78 is 5.37. The van der Waals surface area contributed by atoms with Crippen LogP contribution in [0.25, 0.3) is 0 Å². The Morgan fingerprint density at radius 1 is 1.16 bits per heavy atom. The lowest BCUT2D eigenvalue weighted by Gasteiger charge is -2.33. The fraction of sp³-hybridized carbons (Fsp3) is 0.158. The van der Waals surface area contributed by atoms with Gasteiger partial charge < -0.3 is 10.1 Å². The highest BCUT2D eigenvalue weighted by atomic mass is 16.6. The number of rotatable bonds is 2. The van der Waals surface area contributed by atoms with E-state index >= 15 is 0 Å². The highest BCUT2D eigenvalue weighted by molar-refractivity contribution is 6.02. The quantitative estimate of drug-likeness (QED) is 0.852. The van der Waals surface area contributed by atoms with Crippen LogP contribution in [0.1, 0.15) is 34.0 Å². The Kier molecular flexibility index (Phi) is 3.96. The topological polar surface area (TPSA) is 103 Å². The molecule has 0 unspecified atom stereocenters. The van der Waals surface area contributed by atoms with Crippen LogP contribution >= 0.6 is 0 Å². The molecule has 0 spiro atoms. The number of carbonyl (C=O) groups excluding carboxylic acids is 2. The van der Waals surface area contributed by atoms with Crippen LogP contribution in [0.4, 0.5) is 5.69 Å². The number of benzene rings is 2. The molecule has 25 heavy (non-hydrogen) atoms. The van der Waals surface area contributed by atoms with Gasteiger partial charge in [0.1, 0.15) is 12.1 Å². The summed E-state index contributed by atoms with van der Waals surface area (Å²) >= 11 is 0. The van der Waals surface area contributed by atoms with Crippen molar-refractivity contribution in [3.8, 4) is 12.1 Å². The fourth-order valence-corrected chi connectivity index (χ4v) is 2.73. The third kappa shape index (κ3) is 2.93. The number of ether oxygens (including phenoxy) is 1. The van der Waals surface area contributed by atoms with E-state index in [1.165, 1.54) is 18.2 Å². The zero-order valence-corrected chi connectivity index (χ0v) is 13.4. The van der Waals surface area contributed by atoms with Crippen LogP contribution < -0.4 is 5.32 Å². The molecular weight excluding hydrogens is 318 g/mol. The molecule has 1 amide bonds. The van der Waals surface area contributed by atoms with E-state index in [-0.39, 0.29) is 17.5 Å². The molecule has 0 saturated heterocycles. The number of fused-ring (bicyclic) bond motifs is 1. The maximum atomic E-state index is 12.7. The zero-order valence-electron chi connectivity index (χ0n) is 13.4. The van der Waals surface area contributed by atoms with Crippen molar-refractivity contribution in [3.63, 3.8) is 0 Å². The van der Waals surface area contributed by atoms with E-state index in [9.17, 15) is 9.59 Å². The van der Waals surface area contributed by atoms with Gasteiger partial charge in [-0.15, -0.1) is 0 Å². The third-order valence-electron chi connectivity index (χ3n) is 4.08. The minimum Gasteiger partial charge on any atom is -0.445 e. The molecule has 1 atom stereocenters. The summed E-state index contributed by atoms with van der Waals surface area (Å²) in [7, 11) is 0. The monoisotopic (exact) mass is 331 g/mol. The molecule has 2 aromatic carbocycles. The van der Waals surface area contributed by atoms with E-state index in [0.717, 1.165) is 5.56 Å². The minimum atomic E-state index is -1.36. The molecule has 0 aliphatic carbocycles. The summed E-state index contributed by atoms with van der Waals surface area (Å²) in [5, 5.41) is 20.7. The zero-order chi connectivity index (χ0) is 18.0. The van der Waals surface area contributed by atoms with Crippen LogP contribution in [0.3, 0.4) is 0 Å². The van der Waals surface area contributed by atoms with Gasteiger partial charge in [0.2, 0.25) is 0 Å². The molecule has 2 aromatic rings. The highest BCUT2D eigenvalue weighted by Gasteiger charge is 2.42. The van der Waals surface area contributed by atoms with Crippen LogP contribution in [0.5, 0.6) is 0 Å². The first-order chi connectivity index (χ1) is 12.0. The Bertz CT molecular complexity index is 969. The first-order valence-electron chi connectivity index (χ1n) is 7.54. The van der Waals surface area contributed by atoms with Crippen molar-refractivity contribution in [2.24, 2.45) is 0 Å². The molecule has 0 radical (unpaired) electrons. The van der Waals surface area contributed by atoms with Gasteiger partial charge in [-0.2, -0.15) is 10.5 Å². The van der Waals surface area contributed by atoms with E-state index in [0.29, 0.717) is 11.3 Å². The Balaban J connectivity index is 1.86. The maximum Gasteiger partial charge on any atom is 0.339 e. The lowest BCUT2D eigenvalue weighted by Crippen LogP contribution is -2.48. The van der Waals surface area contributed by atoms with Crippen molar-refractivity contribution in [2.45, 2.75) is 18.9 Å². The normalized spacial score (nSPS) is 18.3. The van der Waals surface area contributed by atoms with Crippen LogP contribution in [0, 0.1) is 22.7 Å². The molecule has 1 N–H and O–H groups in total. The van der Waals surface area contributed by atoms with Crippen LogP contribution in [-0.4, -0.2) is 17.5 Å². The summed E-state index contributed by atoms with van der Waals surface area (Å²) in [6, 6.07) is 15.2. The van der Waals surface area contributed by atoms with Gasteiger partial charge in [0.15, 0.2) is 5.60 Å². The third-order valence-corrected chi connectivity index (χ3v) is 4.08. The number of nitriles is 2. The summed E-state index contributed by atoms with van der Waals surface area (Å²) in [5.74, 6) is -1.04. The smallest absolute Gasteiger partial charge is 0.339 e. The SMILES string of the molecule is C[C@]1(C(=O)Nc2ccc(C#N)c(C#N)c2)Cc2ccccc2C(=O)O1. The van der Waals surface area contributed by atoms with Gasteiger partial charge in [0, 0.05) is 12.1 Å². The molecule has 122 valence electrons. The molecular formula is C19H13N3O3. The van der Waals surface area contributed by atoms with Gasteiger partial charge in [-0.25, -0.2) is 4.79 Å². The molecule has 0 aromatic heterocycles. The van der Waals surface area contributed by atoms with Crippen molar-refractivity contribution in [3.05, 3.63) is 64.7 Å². The first-order valence-corrected chi connectivity index (χ1v) is 7.54. The molecule has 3 rings (SSSR count). The number of hydrogen-bond acceptors (Lipinski definition) is 5. The van der Waals surface area contributed by atoms with E-state index < -0.39 is 17.5 Å². The lowest BCUT2D eigenvalue weighted by atomic mass is 9.89. The highest BCUT2D eigenvalue weighted by Crippen LogP contribution is 2.29. The largest absolute Gasteiger partial charge is 0.445 e. The van der Waals surface area contributed by atoms with Gasteiger partial charge >= 0.3 is 5.97 Å². The number of amides is 1. The van der Waals surface area contributed by atoms with Crippen molar-refractivity contribution < 1.29 is 14.3 Å². The molecule has 0 saturated carbocycles. The fourth-order valence-electron chi connectivity index (χ4n) is 2.73. The van der Waals surface area contributed by atoms with Gasteiger partial charge in [-0.05, 0) is 36.8 Å². The Hall–Kier alpha value is -3.64. The molecule has 1 aliphatic rings. The van der Waals surface area contributed by atoms with E-state index in [1.54, 1.807) is 31.2 Å². The van der Waals surface area contributed by atoms with E-state index in [4.69, 9.17) is 15.3 Å². The average Bonchev–Trinajstić information content (AvgIpc) is 2.61. The number of carbonyl (C=O) groups is 2. The summed E-state index contributed by atoms with van der Waals surface area (Å²) in [5.41, 5.74) is 0.594. The molecule has 1 heterocycles. The van der Waals surface area contributed by atoms with Crippen LogP contribution in [-0.2, 0) is 16.0 Å². The van der Waals surface area contributed by atoms with Crippen LogP contribution in [0.2, 0.25) is 0 Å². The first kappa shape index (κ1) is 16.2. The second-order valence-corrected chi connectivity index (χ2v) is 5.89. The van der Waals surface area contributed by atoms with E-state index in [1.807, 2.05) is 12.1 Å². The number of cyclic esters (lactones) is 1. The molecule has 6 nitrogen and oxygen atoms in total. The van der Waals surface area contributed by atoms with Crippen molar-refractivity contribution in [1.29, 1.82) is 10.5 Å². The molecule has 1 aliphatic heterocycles. The molecule has 6 heteroatoms. The van der Waals surface area contributed by atoms with Gasteiger partial charge in [-0.1, -0.05) is 18.2 Å². The number of nitrogens with one attached hydrogen (secondary N) is 1. The number of anilines is 1. The number of esters is 1. The van der Waals surface area contributed by atoms with Gasteiger partial charge in [0.05, 0.1) is 16.7 Å². The van der Waals surface area contributed by atoms with E-state index in [2.05, 4.69) is 5.32 Å². The molecule has 0 fully saturated rings. The van der Waals surface area contributed by atoms with Gasteiger partial charge in [-0.3, -0.25) is 4.79 Å². The van der Waals surface area contributed by atoms with Crippen molar-refractivity contribution >= 4 is 17.6 Å². The predicted molar refractivity (Wildman–Crippen MR) is 88.5 cm³/mol. The Morgan fingerprint density at radius 3 is 2.60 bits per heavy atom. The number of hydrogen-bond donors (Lipinski definition) is 1. The second-order valence-electron chi connectivity index (χ2n) is 5.89. The summed E-state index contributed by atoms with van der Waals surface area (Å²) in [6.45, 7) is 1.55. The summed E-state index contributed by atoms with van der Waals surface area (Å²) in [4.78, 5) is 24.8. The second kappa shape index (κ2) is 6.10. The average molecular weight is 331 g/mol. The minimum absolute atomic E-state index is 0.163. The van der Waals surface area contributed by atoms with Crippen LogP contribution in [0.15, 0.2) is 42.5 Å². The van der Waals surface area contributed by atoms with Crippen molar-refractivity contribution in [2.75, 3.05) is 5.32 Å². The Labute approximate surface area is 144 Å².